The van der Waals surface area contributed by atoms with E-state index in [1.165, 1.54) is 6.07 Å². The number of hydrogen-bond donors (Lipinski definition) is 2. The molecule has 0 atom stereocenters. The summed E-state index contributed by atoms with van der Waals surface area (Å²) in [7, 11) is 1.75. The van der Waals surface area contributed by atoms with E-state index < -0.39 is 0 Å². The zero-order chi connectivity index (χ0) is 8.97. The van der Waals surface area contributed by atoms with Gasteiger partial charge < -0.3 is 10.2 Å². The molecule has 0 unspecified atom stereocenters. The van der Waals surface area contributed by atoms with Crippen molar-refractivity contribution >= 4 is 0 Å². The van der Waals surface area contributed by atoms with Crippen molar-refractivity contribution in [2.75, 3.05) is 13.6 Å². The second kappa shape index (κ2) is 3.97. The predicted molar refractivity (Wildman–Crippen MR) is 46.4 cm³/mol. The summed E-state index contributed by atoms with van der Waals surface area (Å²) in [5.41, 5.74) is 0.982. The number of rotatable bonds is 3. The Labute approximate surface area is 71.7 Å². The maximum absolute atomic E-state index is 9.12. The topological polar surface area (TPSA) is 54.6 Å². The fraction of sp³-hybridized carbons (Fsp3) is 0.333. The average Bonchev–Trinajstić information content (AvgIpc) is 2.07. The summed E-state index contributed by atoms with van der Waals surface area (Å²) in [6.07, 6.45) is 0.796. The number of aromatic hydroxyl groups is 2. The number of nitrogens with zero attached hydrogens (tertiary/aromatic N) is 1. The highest BCUT2D eigenvalue weighted by Crippen LogP contribution is 2.24. The van der Waals surface area contributed by atoms with Gasteiger partial charge in [0.1, 0.15) is 0 Å². The summed E-state index contributed by atoms with van der Waals surface area (Å²) < 4.78 is 0. The van der Waals surface area contributed by atoms with Crippen LogP contribution in [0.5, 0.6) is 11.5 Å². The largest absolute Gasteiger partial charge is 0.504 e. The van der Waals surface area contributed by atoms with E-state index in [-0.39, 0.29) is 11.5 Å². The second-order valence-electron chi connectivity index (χ2n) is 2.61. The molecule has 0 aliphatic rings. The Morgan fingerprint density at radius 1 is 1.25 bits per heavy atom. The molecule has 0 aliphatic carbocycles. The lowest BCUT2D eigenvalue weighted by atomic mass is 10.1. The van der Waals surface area contributed by atoms with Crippen LogP contribution in [0.1, 0.15) is 5.56 Å². The molecule has 1 aromatic rings. The molecule has 0 fully saturated rings. The highest BCUT2D eigenvalue weighted by molar-refractivity contribution is 5.40. The van der Waals surface area contributed by atoms with Crippen LogP contribution in [0.3, 0.4) is 0 Å². The molecule has 65 valence electrons. The highest BCUT2D eigenvalue weighted by atomic mass is 16.3. The van der Waals surface area contributed by atoms with Gasteiger partial charge >= 0.3 is 0 Å². The number of phenols is 2. The molecule has 3 nitrogen and oxygen atoms in total. The van der Waals surface area contributed by atoms with Gasteiger partial charge in [-0.2, -0.15) is 0 Å². The minimum Gasteiger partial charge on any atom is -0.504 e. The first kappa shape index (κ1) is 8.87. The van der Waals surface area contributed by atoms with Crippen LogP contribution in [-0.2, 0) is 6.42 Å². The molecule has 0 saturated carbocycles. The number of phenolic OH excluding ortho intramolecular Hbond substituents is 2. The van der Waals surface area contributed by atoms with Gasteiger partial charge in [0.05, 0.1) is 0 Å². The van der Waals surface area contributed by atoms with Crippen LogP contribution in [0.25, 0.3) is 0 Å². The van der Waals surface area contributed by atoms with E-state index in [4.69, 9.17) is 10.2 Å². The van der Waals surface area contributed by atoms with Crippen molar-refractivity contribution in [3.05, 3.63) is 23.8 Å². The van der Waals surface area contributed by atoms with E-state index in [1.807, 2.05) is 0 Å². The van der Waals surface area contributed by atoms with E-state index in [0.29, 0.717) is 0 Å². The fourth-order valence-electron chi connectivity index (χ4n) is 0.965. The fourth-order valence-corrected chi connectivity index (χ4v) is 0.965. The van der Waals surface area contributed by atoms with Gasteiger partial charge in [-0.25, -0.2) is 5.32 Å². The third kappa shape index (κ3) is 2.13. The monoisotopic (exact) mass is 166 g/mol. The first-order chi connectivity index (χ1) is 5.74. The Bertz CT molecular complexity index is 261. The minimum atomic E-state index is -0.0767. The minimum absolute atomic E-state index is 0.0661. The molecule has 0 saturated heterocycles. The average molecular weight is 166 g/mol. The van der Waals surface area contributed by atoms with Crippen molar-refractivity contribution in [2.24, 2.45) is 0 Å². The van der Waals surface area contributed by atoms with Gasteiger partial charge in [0.15, 0.2) is 11.5 Å². The van der Waals surface area contributed by atoms with Gasteiger partial charge in [-0.15, -0.1) is 0 Å². The van der Waals surface area contributed by atoms with Gasteiger partial charge in [0.2, 0.25) is 0 Å². The normalized spacial score (nSPS) is 10.1. The molecule has 0 aromatic heterocycles. The number of benzene rings is 1. The molecular formula is C9H12NO2. The van der Waals surface area contributed by atoms with Crippen molar-refractivity contribution < 1.29 is 10.2 Å². The van der Waals surface area contributed by atoms with Gasteiger partial charge in [-0.3, -0.25) is 0 Å². The second-order valence-corrected chi connectivity index (χ2v) is 2.61. The molecule has 2 N–H and O–H groups in total. The molecule has 0 amide bonds. The summed E-state index contributed by atoms with van der Waals surface area (Å²) in [6, 6.07) is 4.82. The Morgan fingerprint density at radius 3 is 2.58 bits per heavy atom. The zero-order valence-corrected chi connectivity index (χ0v) is 6.99. The molecule has 0 aliphatic heterocycles. The summed E-state index contributed by atoms with van der Waals surface area (Å²) in [6.45, 7) is 0.740. The Morgan fingerprint density at radius 2 is 2.00 bits per heavy atom. The van der Waals surface area contributed by atoms with Crippen LogP contribution in [0, 0.1) is 0 Å². The summed E-state index contributed by atoms with van der Waals surface area (Å²) in [5.74, 6) is -0.143. The van der Waals surface area contributed by atoms with E-state index >= 15 is 0 Å². The van der Waals surface area contributed by atoms with Gasteiger partial charge in [-0.05, 0) is 24.1 Å². The first-order valence-electron chi connectivity index (χ1n) is 3.80. The molecule has 0 spiro atoms. The van der Waals surface area contributed by atoms with Gasteiger partial charge in [-0.1, -0.05) is 6.07 Å². The number of likely N-dealkylation sites (N-methyl/N-ethyl adjacent to an activating group) is 1. The lowest BCUT2D eigenvalue weighted by Gasteiger charge is -2.01. The molecule has 12 heavy (non-hydrogen) atoms. The molecule has 3 heteroatoms. The smallest absolute Gasteiger partial charge is 0.157 e. The maximum Gasteiger partial charge on any atom is 0.157 e. The first-order valence-corrected chi connectivity index (χ1v) is 3.80. The quantitative estimate of drug-likeness (QED) is 0.655. The summed E-state index contributed by atoms with van der Waals surface area (Å²) in [4.78, 5) is 0. The van der Waals surface area contributed by atoms with Crippen LogP contribution in [0.2, 0.25) is 0 Å². The Balaban J connectivity index is 2.69. The molecule has 0 heterocycles. The van der Waals surface area contributed by atoms with Crippen molar-refractivity contribution in [1.29, 1.82) is 0 Å². The predicted octanol–water partition coefficient (Wildman–Crippen LogP) is 0.874. The standard InChI is InChI=1S/C9H12NO2/c1-10-5-4-7-2-3-8(11)9(12)6-7/h2-3,6,11-12H,4-5H2,1H3. The summed E-state index contributed by atoms with van der Waals surface area (Å²) >= 11 is 0. The van der Waals surface area contributed by atoms with Gasteiger partial charge in [0.25, 0.3) is 0 Å². The van der Waals surface area contributed by atoms with Gasteiger partial charge in [0, 0.05) is 13.6 Å². The lowest BCUT2D eigenvalue weighted by molar-refractivity contribution is 0.403. The maximum atomic E-state index is 9.12. The lowest BCUT2D eigenvalue weighted by Crippen LogP contribution is -2.02. The van der Waals surface area contributed by atoms with Crippen LogP contribution in [0.4, 0.5) is 0 Å². The molecule has 1 rings (SSSR count). The Hall–Kier alpha value is -1.22. The number of hydrogen-bond acceptors (Lipinski definition) is 2. The molecule has 1 radical (unpaired) electrons. The van der Waals surface area contributed by atoms with Crippen molar-refractivity contribution in [2.45, 2.75) is 6.42 Å². The van der Waals surface area contributed by atoms with Crippen LogP contribution in [0.15, 0.2) is 18.2 Å². The van der Waals surface area contributed by atoms with E-state index in [2.05, 4.69) is 5.32 Å². The zero-order valence-electron chi connectivity index (χ0n) is 6.99. The Kier molecular flexibility index (Phi) is 2.94. The highest BCUT2D eigenvalue weighted by Gasteiger charge is 1.99. The van der Waals surface area contributed by atoms with Crippen LogP contribution >= 0.6 is 0 Å². The van der Waals surface area contributed by atoms with E-state index in [9.17, 15) is 0 Å². The third-order valence-electron chi connectivity index (χ3n) is 1.66. The van der Waals surface area contributed by atoms with E-state index in [1.54, 1.807) is 19.2 Å². The van der Waals surface area contributed by atoms with Crippen LogP contribution < -0.4 is 5.32 Å². The SMILES string of the molecule is C[N]CCc1ccc(O)c(O)c1. The summed E-state index contributed by atoms with van der Waals surface area (Å²) in [5, 5.41) is 22.1. The molecule has 1 aromatic carbocycles. The molecule has 0 bridgehead atoms. The molecular weight excluding hydrogens is 154 g/mol. The van der Waals surface area contributed by atoms with Crippen LogP contribution in [-0.4, -0.2) is 23.8 Å². The third-order valence-corrected chi connectivity index (χ3v) is 1.66. The van der Waals surface area contributed by atoms with E-state index in [0.717, 1.165) is 18.5 Å². The van der Waals surface area contributed by atoms with Crippen molar-refractivity contribution in [3.63, 3.8) is 0 Å². The van der Waals surface area contributed by atoms with Crippen molar-refractivity contribution in [1.82, 2.24) is 5.32 Å². The van der Waals surface area contributed by atoms with Crippen molar-refractivity contribution in [3.8, 4) is 11.5 Å².